The number of halogens is 2. The smallest absolute Gasteiger partial charge is 0.0638 e. The van der Waals surface area contributed by atoms with Crippen molar-refractivity contribution >= 4 is 28.9 Å². The molecule has 2 heterocycles. The number of anilines is 1. The van der Waals surface area contributed by atoms with Crippen LogP contribution < -0.4 is 5.32 Å². The highest BCUT2D eigenvalue weighted by Crippen LogP contribution is 2.36. The lowest BCUT2D eigenvalue weighted by Crippen LogP contribution is -2.44. The van der Waals surface area contributed by atoms with E-state index in [2.05, 4.69) is 17.3 Å². The van der Waals surface area contributed by atoms with Gasteiger partial charge >= 0.3 is 0 Å². The van der Waals surface area contributed by atoms with E-state index >= 15 is 0 Å². The fraction of sp³-hybridized carbons (Fsp3) is 0.571. The lowest BCUT2D eigenvalue weighted by Gasteiger charge is -2.37. The molecular weight excluding hydrogens is 267 g/mol. The van der Waals surface area contributed by atoms with E-state index in [1.165, 1.54) is 25.7 Å². The minimum absolute atomic E-state index is 0.523. The number of rotatable bonds is 2. The van der Waals surface area contributed by atoms with E-state index in [0.717, 1.165) is 27.8 Å². The maximum Gasteiger partial charge on any atom is 0.0638 e. The van der Waals surface area contributed by atoms with E-state index in [1.807, 2.05) is 18.2 Å². The van der Waals surface area contributed by atoms with Crippen molar-refractivity contribution in [1.82, 2.24) is 4.90 Å². The first-order valence-electron chi connectivity index (χ1n) is 6.57. The predicted octanol–water partition coefficient (Wildman–Crippen LogP) is 4.03. The van der Waals surface area contributed by atoms with Gasteiger partial charge in [-0.2, -0.15) is 0 Å². The van der Waals surface area contributed by atoms with E-state index in [1.54, 1.807) is 0 Å². The first-order chi connectivity index (χ1) is 8.63. The van der Waals surface area contributed by atoms with Crippen LogP contribution in [0.4, 0.5) is 5.69 Å². The van der Waals surface area contributed by atoms with Gasteiger partial charge in [0.1, 0.15) is 0 Å². The molecule has 2 aliphatic rings. The van der Waals surface area contributed by atoms with Crippen molar-refractivity contribution in [3.8, 4) is 0 Å². The molecule has 1 aromatic carbocycles. The van der Waals surface area contributed by atoms with Crippen LogP contribution in [0.1, 0.15) is 25.7 Å². The molecule has 2 nitrogen and oxygen atoms in total. The Morgan fingerprint density at radius 1 is 1.17 bits per heavy atom. The summed E-state index contributed by atoms with van der Waals surface area (Å²) in [4.78, 5) is 2.54. The zero-order valence-electron chi connectivity index (χ0n) is 10.5. The van der Waals surface area contributed by atoms with E-state index in [-0.39, 0.29) is 0 Å². The second kappa shape index (κ2) is 4.92. The van der Waals surface area contributed by atoms with Gasteiger partial charge in [0, 0.05) is 23.1 Å². The lowest BCUT2D eigenvalue weighted by atomic mass is 9.98. The monoisotopic (exact) mass is 284 g/mol. The standard InChI is InChI=1S/C14H18Cl2N2/c1-18-11-3-4-12(18)8-10(7-11)17-14-6-9(15)2-5-13(14)16/h2,5-6,10-12,17H,3-4,7-8H2,1H3. The third kappa shape index (κ3) is 2.34. The Morgan fingerprint density at radius 2 is 1.83 bits per heavy atom. The summed E-state index contributed by atoms with van der Waals surface area (Å²) in [6.45, 7) is 0. The molecule has 2 atom stereocenters. The third-order valence-corrected chi connectivity index (χ3v) is 4.95. The fourth-order valence-corrected chi connectivity index (χ4v) is 3.70. The quantitative estimate of drug-likeness (QED) is 0.882. The number of piperidine rings is 1. The molecule has 0 saturated carbocycles. The van der Waals surface area contributed by atoms with Crippen LogP contribution in [-0.2, 0) is 0 Å². The van der Waals surface area contributed by atoms with Crippen molar-refractivity contribution in [2.75, 3.05) is 12.4 Å². The molecule has 2 unspecified atom stereocenters. The summed E-state index contributed by atoms with van der Waals surface area (Å²) in [6, 6.07) is 7.60. The molecule has 2 aliphatic heterocycles. The van der Waals surface area contributed by atoms with Gasteiger partial charge in [0.25, 0.3) is 0 Å². The topological polar surface area (TPSA) is 15.3 Å². The summed E-state index contributed by atoms with van der Waals surface area (Å²) < 4.78 is 0. The van der Waals surface area contributed by atoms with Gasteiger partial charge in [-0.1, -0.05) is 23.2 Å². The second-order valence-electron chi connectivity index (χ2n) is 5.49. The number of nitrogens with zero attached hydrogens (tertiary/aromatic N) is 1. The Balaban J connectivity index is 1.72. The van der Waals surface area contributed by atoms with Crippen LogP contribution in [0.2, 0.25) is 10.0 Å². The van der Waals surface area contributed by atoms with E-state index in [0.29, 0.717) is 6.04 Å². The Morgan fingerprint density at radius 3 is 2.50 bits per heavy atom. The van der Waals surface area contributed by atoms with Gasteiger partial charge in [-0.15, -0.1) is 0 Å². The Hall–Kier alpha value is -0.440. The van der Waals surface area contributed by atoms with Crippen molar-refractivity contribution < 1.29 is 0 Å². The molecule has 1 N–H and O–H groups in total. The molecule has 0 aromatic heterocycles. The SMILES string of the molecule is CN1C2CCC1CC(Nc1cc(Cl)ccc1Cl)C2. The van der Waals surface area contributed by atoms with Crippen molar-refractivity contribution in [3.05, 3.63) is 28.2 Å². The summed E-state index contributed by atoms with van der Waals surface area (Å²) in [5, 5.41) is 5.06. The molecule has 0 radical (unpaired) electrons. The predicted molar refractivity (Wildman–Crippen MR) is 77.7 cm³/mol. The highest BCUT2D eigenvalue weighted by atomic mass is 35.5. The number of hydrogen-bond acceptors (Lipinski definition) is 2. The number of benzene rings is 1. The van der Waals surface area contributed by atoms with E-state index in [4.69, 9.17) is 23.2 Å². The average molecular weight is 285 g/mol. The van der Waals surface area contributed by atoms with Crippen LogP contribution in [0.5, 0.6) is 0 Å². The lowest BCUT2D eigenvalue weighted by molar-refractivity contribution is 0.169. The number of nitrogens with one attached hydrogen (secondary N) is 1. The maximum atomic E-state index is 6.20. The summed E-state index contributed by atoms with van der Waals surface area (Å²) in [6.07, 6.45) is 5.08. The van der Waals surface area contributed by atoms with Crippen molar-refractivity contribution in [2.24, 2.45) is 0 Å². The van der Waals surface area contributed by atoms with Gasteiger partial charge in [-0.05, 0) is 50.9 Å². The Labute approximate surface area is 118 Å². The Kier molecular flexibility index (Phi) is 3.44. The minimum Gasteiger partial charge on any atom is -0.381 e. The third-order valence-electron chi connectivity index (χ3n) is 4.39. The van der Waals surface area contributed by atoms with Crippen LogP contribution >= 0.6 is 23.2 Å². The van der Waals surface area contributed by atoms with Gasteiger partial charge in [-0.25, -0.2) is 0 Å². The van der Waals surface area contributed by atoms with Gasteiger partial charge in [0.15, 0.2) is 0 Å². The highest BCUT2D eigenvalue weighted by molar-refractivity contribution is 6.35. The molecule has 0 aliphatic carbocycles. The number of hydrogen-bond donors (Lipinski definition) is 1. The summed E-state index contributed by atoms with van der Waals surface area (Å²) in [7, 11) is 2.25. The molecule has 1 aromatic rings. The first-order valence-corrected chi connectivity index (χ1v) is 7.32. The molecule has 0 spiro atoms. The fourth-order valence-electron chi connectivity index (χ4n) is 3.36. The van der Waals surface area contributed by atoms with E-state index in [9.17, 15) is 0 Å². The molecule has 3 rings (SSSR count). The molecule has 2 saturated heterocycles. The van der Waals surface area contributed by atoms with Crippen LogP contribution in [-0.4, -0.2) is 30.1 Å². The average Bonchev–Trinajstić information content (AvgIpc) is 2.58. The van der Waals surface area contributed by atoms with Crippen molar-refractivity contribution in [2.45, 2.75) is 43.8 Å². The van der Waals surface area contributed by atoms with Crippen LogP contribution in [0, 0.1) is 0 Å². The van der Waals surface area contributed by atoms with Crippen LogP contribution in [0.25, 0.3) is 0 Å². The largest absolute Gasteiger partial charge is 0.381 e. The van der Waals surface area contributed by atoms with Gasteiger partial charge in [-0.3, -0.25) is 0 Å². The van der Waals surface area contributed by atoms with Gasteiger partial charge in [0.2, 0.25) is 0 Å². The molecule has 98 valence electrons. The van der Waals surface area contributed by atoms with Crippen molar-refractivity contribution in [3.63, 3.8) is 0 Å². The van der Waals surface area contributed by atoms with E-state index < -0.39 is 0 Å². The zero-order chi connectivity index (χ0) is 12.7. The van der Waals surface area contributed by atoms with Crippen LogP contribution in [0.3, 0.4) is 0 Å². The maximum absolute atomic E-state index is 6.20. The second-order valence-corrected chi connectivity index (χ2v) is 6.33. The zero-order valence-corrected chi connectivity index (χ0v) is 12.0. The van der Waals surface area contributed by atoms with Gasteiger partial charge < -0.3 is 10.2 Å². The van der Waals surface area contributed by atoms with Crippen molar-refractivity contribution in [1.29, 1.82) is 0 Å². The number of fused-ring (bicyclic) bond motifs is 2. The highest BCUT2D eigenvalue weighted by Gasteiger charge is 2.38. The molecule has 2 fully saturated rings. The molecule has 0 amide bonds. The molecular formula is C14H18Cl2N2. The minimum atomic E-state index is 0.523. The van der Waals surface area contributed by atoms with Gasteiger partial charge in [0.05, 0.1) is 10.7 Å². The molecule has 2 bridgehead atoms. The molecule has 4 heteroatoms. The molecule has 18 heavy (non-hydrogen) atoms. The Bertz CT molecular complexity index is 435. The summed E-state index contributed by atoms with van der Waals surface area (Å²) in [5.41, 5.74) is 0.970. The normalized spacial score (nSPS) is 31.6. The first kappa shape index (κ1) is 12.6. The van der Waals surface area contributed by atoms with Crippen LogP contribution in [0.15, 0.2) is 18.2 Å². The summed E-state index contributed by atoms with van der Waals surface area (Å²) in [5.74, 6) is 0. The summed E-state index contributed by atoms with van der Waals surface area (Å²) >= 11 is 12.2.